The van der Waals surface area contributed by atoms with E-state index in [1.54, 1.807) is 7.05 Å². The third-order valence-corrected chi connectivity index (χ3v) is 3.36. The molecular formula is C13H19BrN2O. The summed E-state index contributed by atoms with van der Waals surface area (Å²) >= 11 is 3.54. The Bertz CT molecular complexity index is 391. The van der Waals surface area contributed by atoms with E-state index in [0.717, 1.165) is 4.47 Å². The molecular weight excluding hydrogens is 280 g/mol. The van der Waals surface area contributed by atoms with Gasteiger partial charge in [-0.05, 0) is 18.7 Å². The van der Waals surface area contributed by atoms with Crippen molar-refractivity contribution in [1.82, 2.24) is 10.6 Å². The van der Waals surface area contributed by atoms with Gasteiger partial charge in [-0.25, -0.2) is 0 Å². The number of carbonyl (C=O) groups is 1. The first-order valence-corrected chi connectivity index (χ1v) is 6.43. The number of likely N-dealkylation sites (N-methyl/N-ethyl adjacent to an activating group) is 1. The molecule has 0 unspecified atom stereocenters. The van der Waals surface area contributed by atoms with Crippen molar-refractivity contribution in [3.63, 3.8) is 0 Å². The van der Waals surface area contributed by atoms with Crippen molar-refractivity contribution in [3.8, 4) is 0 Å². The standard InChI is InChI=1S/C13H19BrN2O/c1-13(2,9-16-12(17)8-15-3)10-6-4-5-7-11(10)14/h4-7,15H,8-9H2,1-3H3,(H,16,17). The highest BCUT2D eigenvalue weighted by atomic mass is 79.9. The molecule has 0 atom stereocenters. The number of benzene rings is 1. The first kappa shape index (κ1) is 14.2. The van der Waals surface area contributed by atoms with Gasteiger partial charge >= 0.3 is 0 Å². The molecule has 2 N–H and O–H groups in total. The zero-order valence-corrected chi connectivity index (χ0v) is 12.1. The summed E-state index contributed by atoms with van der Waals surface area (Å²) in [5, 5.41) is 5.76. The van der Waals surface area contributed by atoms with Gasteiger partial charge in [0.15, 0.2) is 0 Å². The van der Waals surface area contributed by atoms with Crippen molar-refractivity contribution in [2.24, 2.45) is 0 Å². The van der Waals surface area contributed by atoms with Crippen molar-refractivity contribution in [1.29, 1.82) is 0 Å². The van der Waals surface area contributed by atoms with E-state index in [9.17, 15) is 4.79 Å². The maximum absolute atomic E-state index is 11.4. The molecule has 0 saturated heterocycles. The summed E-state index contributed by atoms with van der Waals surface area (Å²) in [6.45, 7) is 5.21. The second-order valence-electron chi connectivity index (χ2n) is 4.67. The minimum Gasteiger partial charge on any atom is -0.354 e. The number of hydrogen-bond acceptors (Lipinski definition) is 2. The van der Waals surface area contributed by atoms with E-state index in [0.29, 0.717) is 13.1 Å². The van der Waals surface area contributed by atoms with Crippen LogP contribution in [0.5, 0.6) is 0 Å². The Labute approximate surface area is 111 Å². The molecule has 0 aromatic heterocycles. The van der Waals surface area contributed by atoms with Gasteiger partial charge in [0.25, 0.3) is 0 Å². The summed E-state index contributed by atoms with van der Waals surface area (Å²) in [6, 6.07) is 8.10. The van der Waals surface area contributed by atoms with E-state index < -0.39 is 0 Å². The van der Waals surface area contributed by atoms with E-state index in [-0.39, 0.29) is 11.3 Å². The fourth-order valence-electron chi connectivity index (χ4n) is 1.65. The Hall–Kier alpha value is -0.870. The van der Waals surface area contributed by atoms with Gasteiger partial charge in [0.05, 0.1) is 6.54 Å². The van der Waals surface area contributed by atoms with Gasteiger partial charge in [0.2, 0.25) is 5.91 Å². The van der Waals surface area contributed by atoms with Crippen LogP contribution in [0.2, 0.25) is 0 Å². The highest BCUT2D eigenvalue weighted by molar-refractivity contribution is 9.10. The third-order valence-electron chi connectivity index (χ3n) is 2.67. The lowest BCUT2D eigenvalue weighted by Gasteiger charge is -2.26. The van der Waals surface area contributed by atoms with E-state index >= 15 is 0 Å². The predicted molar refractivity (Wildman–Crippen MR) is 74.1 cm³/mol. The molecule has 1 aromatic carbocycles. The van der Waals surface area contributed by atoms with Crippen molar-refractivity contribution in [3.05, 3.63) is 34.3 Å². The lowest BCUT2D eigenvalue weighted by Crippen LogP contribution is -2.40. The Morgan fingerprint density at radius 1 is 1.35 bits per heavy atom. The summed E-state index contributed by atoms with van der Waals surface area (Å²) < 4.78 is 1.08. The number of nitrogens with one attached hydrogen (secondary N) is 2. The molecule has 0 aliphatic heterocycles. The molecule has 4 heteroatoms. The normalized spacial score (nSPS) is 11.3. The molecule has 1 rings (SSSR count). The van der Waals surface area contributed by atoms with Gasteiger partial charge in [0.1, 0.15) is 0 Å². The van der Waals surface area contributed by atoms with Crippen LogP contribution < -0.4 is 10.6 Å². The van der Waals surface area contributed by atoms with Crippen LogP contribution in [0.15, 0.2) is 28.7 Å². The average Bonchev–Trinajstić information content (AvgIpc) is 2.27. The minimum absolute atomic E-state index is 0.0210. The number of hydrogen-bond donors (Lipinski definition) is 2. The minimum atomic E-state index is -0.0938. The third kappa shape index (κ3) is 4.13. The van der Waals surface area contributed by atoms with Gasteiger partial charge in [-0.15, -0.1) is 0 Å². The SMILES string of the molecule is CNCC(=O)NCC(C)(C)c1ccccc1Br. The molecule has 0 bridgehead atoms. The summed E-state index contributed by atoms with van der Waals surface area (Å²) in [4.78, 5) is 11.4. The summed E-state index contributed by atoms with van der Waals surface area (Å²) in [5.74, 6) is 0.0210. The van der Waals surface area contributed by atoms with Crippen LogP contribution in [0.1, 0.15) is 19.4 Å². The lowest BCUT2D eigenvalue weighted by molar-refractivity contribution is -0.120. The molecule has 1 aromatic rings. The van der Waals surface area contributed by atoms with Gasteiger partial charge in [-0.2, -0.15) is 0 Å². The number of halogens is 1. The molecule has 94 valence electrons. The maximum Gasteiger partial charge on any atom is 0.233 e. The van der Waals surface area contributed by atoms with Crippen LogP contribution in [0, 0.1) is 0 Å². The quantitative estimate of drug-likeness (QED) is 0.874. The van der Waals surface area contributed by atoms with Crippen LogP contribution in [-0.2, 0) is 10.2 Å². The van der Waals surface area contributed by atoms with Crippen LogP contribution in [-0.4, -0.2) is 26.0 Å². The van der Waals surface area contributed by atoms with Gasteiger partial charge in [-0.3, -0.25) is 4.79 Å². The Kier molecular flexibility index (Phi) is 5.15. The van der Waals surface area contributed by atoms with Crippen molar-refractivity contribution >= 4 is 21.8 Å². The topological polar surface area (TPSA) is 41.1 Å². The smallest absolute Gasteiger partial charge is 0.233 e. The molecule has 0 spiro atoms. The number of rotatable bonds is 5. The van der Waals surface area contributed by atoms with E-state index in [2.05, 4.69) is 46.5 Å². The fraction of sp³-hybridized carbons (Fsp3) is 0.462. The first-order chi connectivity index (χ1) is 7.97. The molecule has 17 heavy (non-hydrogen) atoms. The second-order valence-corrected chi connectivity index (χ2v) is 5.53. The second kappa shape index (κ2) is 6.17. The average molecular weight is 299 g/mol. The molecule has 0 saturated carbocycles. The van der Waals surface area contributed by atoms with Crippen molar-refractivity contribution in [2.45, 2.75) is 19.3 Å². The zero-order valence-electron chi connectivity index (χ0n) is 10.5. The molecule has 0 fully saturated rings. The van der Waals surface area contributed by atoms with Crippen LogP contribution >= 0.6 is 15.9 Å². The predicted octanol–water partition coefficient (Wildman–Crippen LogP) is 2.06. The van der Waals surface area contributed by atoms with Crippen LogP contribution in [0.25, 0.3) is 0 Å². The highest BCUT2D eigenvalue weighted by Crippen LogP contribution is 2.29. The number of amides is 1. The maximum atomic E-state index is 11.4. The zero-order chi connectivity index (χ0) is 12.9. The molecule has 3 nitrogen and oxygen atoms in total. The fourth-order valence-corrected chi connectivity index (χ4v) is 2.47. The Morgan fingerprint density at radius 3 is 2.59 bits per heavy atom. The van der Waals surface area contributed by atoms with E-state index in [1.165, 1.54) is 5.56 Å². The largest absolute Gasteiger partial charge is 0.354 e. The Morgan fingerprint density at radius 2 is 2.00 bits per heavy atom. The molecule has 0 heterocycles. The lowest BCUT2D eigenvalue weighted by atomic mass is 9.84. The van der Waals surface area contributed by atoms with Gasteiger partial charge < -0.3 is 10.6 Å². The summed E-state index contributed by atoms with van der Waals surface area (Å²) in [7, 11) is 1.76. The Balaban J connectivity index is 2.69. The molecule has 1 amide bonds. The summed E-state index contributed by atoms with van der Waals surface area (Å²) in [6.07, 6.45) is 0. The van der Waals surface area contributed by atoms with E-state index in [1.807, 2.05) is 18.2 Å². The van der Waals surface area contributed by atoms with Crippen LogP contribution in [0.4, 0.5) is 0 Å². The van der Waals surface area contributed by atoms with Gasteiger partial charge in [0, 0.05) is 16.4 Å². The van der Waals surface area contributed by atoms with Gasteiger partial charge in [-0.1, -0.05) is 48.0 Å². The molecule has 0 aliphatic rings. The van der Waals surface area contributed by atoms with Crippen molar-refractivity contribution < 1.29 is 4.79 Å². The van der Waals surface area contributed by atoms with Crippen molar-refractivity contribution in [2.75, 3.05) is 20.1 Å². The monoisotopic (exact) mass is 298 g/mol. The van der Waals surface area contributed by atoms with E-state index in [4.69, 9.17) is 0 Å². The molecule has 0 aliphatic carbocycles. The first-order valence-electron chi connectivity index (χ1n) is 5.63. The highest BCUT2D eigenvalue weighted by Gasteiger charge is 2.23. The summed E-state index contributed by atoms with van der Waals surface area (Å²) in [5.41, 5.74) is 1.11. The number of carbonyl (C=O) groups excluding carboxylic acids is 1. The molecule has 0 radical (unpaired) electrons. The van der Waals surface area contributed by atoms with Crippen LogP contribution in [0.3, 0.4) is 0 Å².